The molecule has 0 bridgehead atoms. The number of anilines is 2. The van der Waals surface area contributed by atoms with Crippen molar-refractivity contribution in [3.63, 3.8) is 0 Å². The lowest BCUT2D eigenvalue weighted by Crippen LogP contribution is -2.39. The van der Waals surface area contributed by atoms with Crippen molar-refractivity contribution in [1.82, 2.24) is 9.97 Å². The van der Waals surface area contributed by atoms with E-state index in [9.17, 15) is 4.79 Å². The largest absolute Gasteiger partial charge is 0.495 e. The molecule has 0 unspecified atom stereocenters. The molecule has 0 amide bonds. The van der Waals surface area contributed by atoms with Crippen LogP contribution in [0.5, 0.6) is 11.5 Å². The number of halogens is 2. The van der Waals surface area contributed by atoms with Crippen molar-refractivity contribution in [3.05, 3.63) is 47.1 Å². The number of methoxy groups -OCH3 is 2. The summed E-state index contributed by atoms with van der Waals surface area (Å²) in [6, 6.07) is 5.45. The van der Waals surface area contributed by atoms with Gasteiger partial charge in [-0.05, 0) is 30.5 Å². The minimum atomic E-state index is -0.0553. The lowest BCUT2D eigenvalue weighted by atomic mass is 9.89. The van der Waals surface area contributed by atoms with E-state index in [0.717, 1.165) is 17.2 Å². The number of fused-ring (bicyclic) bond motifs is 1. The van der Waals surface area contributed by atoms with E-state index in [1.54, 1.807) is 12.3 Å². The molecular formula is C29H32Cl2N4O5. The second kappa shape index (κ2) is 12.6. The van der Waals surface area contributed by atoms with Crippen molar-refractivity contribution in [2.75, 3.05) is 57.8 Å². The number of rotatable bonds is 11. The Balaban J connectivity index is 1.54. The highest BCUT2D eigenvalue weighted by Crippen LogP contribution is 2.46. The van der Waals surface area contributed by atoms with Gasteiger partial charge in [0, 0.05) is 54.1 Å². The fourth-order valence-electron chi connectivity index (χ4n) is 4.96. The minimum absolute atomic E-state index is 0.0276. The first-order chi connectivity index (χ1) is 19.4. The lowest BCUT2D eigenvalue weighted by Gasteiger charge is -2.32. The van der Waals surface area contributed by atoms with Crippen LogP contribution in [-0.2, 0) is 14.3 Å². The van der Waals surface area contributed by atoms with Crippen LogP contribution in [0.1, 0.15) is 12.8 Å². The summed E-state index contributed by atoms with van der Waals surface area (Å²) in [4.78, 5) is 21.7. The monoisotopic (exact) mass is 586 g/mol. The third-order valence-corrected chi connectivity index (χ3v) is 8.08. The highest BCUT2D eigenvalue weighted by atomic mass is 35.5. The number of hydrogen-bond acceptors (Lipinski definition) is 9. The van der Waals surface area contributed by atoms with Gasteiger partial charge < -0.3 is 29.6 Å². The van der Waals surface area contributed by atoms with Gasteiger partial charge >= 0.3 is 0 Å². The second-order valence-electron chi connectivity index (χ2n) is 9.96. The first-order valence-corrected chi connectivity index (χ1v) is 13.9. The zero-order chi connectivity index (χ0) is 28.2. The summed E-state index contributed by atoms with van der Waals surface area (Å²) < 4.78 is 22.0. The number of ether oxygens (including phenoxy) is 4. The predicted molar refractivity (Wildman–Crippen MR) is 157 cm³/mol. The highest BCUT2D eigenvalue weighted by Gasteiger charge is 2.28. The molecule has 2 atom stereocenters. The van der Waals surface area contributed by atoms with E-state index >= 15 is 0 Å². The van der Waals surface area contributed by atoms with Crippen molar-refractivity contribution in [3.8, 4) is 22.8 Å². The maximum absolute atomic E-state index is 12.1. The van der Waals surface area contributed by atoms with E-state index in [1.165, 1.54) is 20.3 Å². The van der Waals surface area contributed by atoms with Gasteiger partial charge in [0.15, 0.2) is 5.78 Å². The van der Waals surface area contributed by atoms with Gasteiger partial charge in [0.05, 0.1) is 55.8 Å². The summed E-state index contributed by atoms with van der Waals surface area (Å²) in [6.45, 7) is 6.84. The molecule has 5 rings (SSSR count). The number of carbonyl (C=O) groups is 1. The fraction of sp³-hybridized carbons (Fsp3) is 0.414. The predicted octanol–water partition coefficient (Wildman–Crippen LogP) is 5.64. The summed E-state index contributed by atoms with van der Waals surface area (Å²) in [5.74, 6) is 2.74. The molecule has 212 valence electrons. The molecule has 2 fully saturated rings. The third-order valence-electron chi connectivity index (χ3n) is 7.33. The molecule has 2 aliphatic rings. The van der Waals surface area contributed by atoms with Crippen molar-refractivity contribution in [2.45, 2.75) is 18.9 Å². The van der Waals surface area contributed by atoms with Gasteiger partial charge in [0.25, 0.3) is 0 Å². The number of benzene rings is 1. The van der Waals surface area contributed by atoms with Gasteiger partial charge in [-0.25, -0.2) is 9.97 Å². The molecule has 2 N–H and O–H groups in total. The Morgan fingerprint density at radius 3 is 2.52 bits per heavy atom. The average Bonchev–Trinajstić information content (AvgIpc) is 2.93. The van der Waals surface area contributed by atoms with Crippen LogP contribution >= 0.6 is 23.2 Å². The van der Waals surface area contributed by atoms with Gasteiger partial charge in [-0.3, -0.25) is 4.79 Å². The first kappa shape index (κ1) is 28.4. The Labute approximate surface area is 243 Å². The Bertz CT molecular complexity index is 1390. The van der Waals surface area contributed by atoms with Gasteiger partial charge in [0.2, 0.25) is 0 Å². The Kier molecular flexibility index (Phi) is 8.95. The molecule has 0 radical (unpaired) electrons. The van der Waals surface area contributed by atoms with E-state index in [1.807, 2.05) is 12.1 Å². The second-order valence-corrected chi connectivity index (χ2v) is 10.7. The standard InChI is InChI=1S/C29H32Cl2N4O5/c1-4-19(36)7-17-5-6-39-15-22(17)34-25-9-20-18(12-32-25)8-21(35-29(20)33-11-16-13-40-14-16)26-27(30)23(37-2)10-24(38-3)28(26)31/h4,8-10,12,16-17,22H,1,5-7,11,13-15H2,2-3H3,(H,32,34)(H,33,35)/t17-,22-/m1/s1. The molecule has 3 aromatic rings. The van der Waals surface area contributed by atoms with Gasteiger partial charge in [-0.15, -0.1) is 0 Å². The normalized spacial score (nSPS) is 19.1. The quantitative estimate of drug-likeness (QED) is 0.276. The topological polar surface area (TPSA) is 104 Å². The average molecular weight is 588 g/mol. The van der Waals surface area contributed by atoms with Gasteiger partial charge in [-0.1, -0.05) is 29.8 Å². The first-order valence-electron chi connectivity index (χ1n) is 13.1. The van der Waals surface area contributed by atoms with Gasteiger partial charge in [0.1, 0.15) is 23.1 Å². The SMILES string of the molecule is C=CC(=O)C[C@H]1CCOC[C@H]1Nc1cc2c(NCC3COC3)nc(-c3c(Cl)c(OC)cc(OC)c3Cl)cc2cn1. The highest BCUT2D eigenvalue weighted by molar-refractivity contribution is 6.41. The summed E-state index contributed by atoms with van der Waals surface area (Å²) >= 11 is 13.4. The molecule has 11 heteroatoms. The molecular weight excluding hydrogens is 555 g/mol. The zero-order valence-electron chi connectivity index (χ0n) is 22.5. The lowest BCUT2D eigenvalue weighted by molar-refractivity contribution is -0.116. The number of carbonyl (C=O) groups excluding carboxylic acids is 1. The molecule has 1 aromatic carbocycles. The van der Waals surface area contributed by atoms with Crippen LogP contribution in [-0.4, -0.2) is 69.0 Å². The van der Waals surface area contributed by atoms with Crippen LogP contribution in [0.25, 0.3) is 22.0 Å². The minimum Gasteiger partial charge on any atom is -0.495 e. The zero-order valence-corrected chi connectivity index (χ0v) is 24.0. The van der Waals surface area contributed by atoms with Crippen molar-refractivity contribution in [2.24, 2.45) is 11.8 Å². The summed E-state index contributed by atoms with van der Waals surface area (Å²) in [5, 5.41) is 9.37. The van der Waals surface area contributed by atoms with Crippen molar-refractivity contribution >= 4 is 51.4 Å². The summed E-state index contributed by atoms with van der Waals surface area (Å²) in [7, 11) is 3.07. The molecule has 40 heavy (non-hydrogen) atoms. The van der Waals surface area contributed by atoms with Crippen LogP contribution in [0.15, 0.2) is 37.1 Å². The smallest absolute Gasteiger partial charge is 0.155 e. The van der Waals surface area contributed by atoms with Crippen LogP contribution in [0.2, 0.25) is 10.0 Å². The van der Waals surface area contributed by atoms with Crippen molar-refractivity contribution < 1.29 is 23.7 Å². The van der Waals surface area contributed by atoms with Gasteiger partial charge in [-0.2, -0.15) is 0 Å². The van der Waals surface area contributed by atoms with E-state index in [-0.39, 0.29) is 17.7 Å². The van der Waals surface area contributed by atoms with Crippen LogP contribution < -0.4 is 20.1 Å². The molecule has 4 heterocycles. The summed E-state index contributed by atoms with van der Waals surface area (Å²) in [6.07, 6.45) is 4.38. The molecule has 0 spiro atoms. The number of nitrogens with zero attached hydrogens (tertiary/aromatic N) is 2. The number of hydrogen-bond donors (Lipinski definition) is 2. The number of aromatic nitrogens is 2. The van der Waals surface area contributed by atoms with E-state index < -0.39 is 0 Å². The van der Waals surface area contributed by atoms with E-state index in [0.29, 0.717) is 89.7 Å². The summed E-state index contributed by atoms with van der Waals surface area (Å²) in [5.41, 5.74) is 1.06. The maximum atomic E-state index is 12.1. The number of allylic oxidation sites excluding steroid dienone is 1. The molecule has 2 saturated heterocycles. The number of ketones is 1. The maximum Gasteiger partial charge on any atom is 0.155 e. The molecule has 9 nitrogen and oxygen atoms in total. The molecule has 0 saturated carbocycles. The fourth-order valence-corrected chi connectivity index (χ4v) is 5.65. The van der Waals surface area contributed by atoms with Crippen LogP contribution in [0.3, 0.4) is 0 Å². The molecule has 2 aromatic heterocycles. The number of pyridine rings is 2. The van der Waals surface area contributed by atoms with Crippen LogP contribution in [0, 0.1) is 11.8 Å². The molecule has 0 aliphatic carbocycles. The van der Waals surface area contributed by atoms with Crippen molar-refractivity contribution in [1.29, 1.82) is 0 Å². The number of nitrogens with one attached hydrogen (secondary N) is 2. The van der Waals surface area contributed by atoms with Crippen LogP contribution in [0.4, 0.5) is 11.6 Å². The Morgan fingerprint density at radius 1 is 1.12 bits per heavy atom. The third kappa shape index (κ3) is 5.98. The van der Waals surface area contributed by atoms with E-state index in [4.69, 9.17) is 47.1 Å². The Morgan fingerprint density at radius 2 is 1.88 bits per heavy atom. The Hall–Kier alpha value is -3.11. The van der Waals surface area contributed by atoms with E-state index in [2.05, 4.69) is 22.2 Å². The molecule has 2 aliphatic heterocycles.